The van der Waals surface area contributed by atoms with Gasteiger partial charge in [-0.2, -0.15) is 0 Å². The highest BCUT2D eigenvalue weighted by molar-refractivity contribution is 7.26. The molecule has 0 bridgehead atoms. The van der Waals surface area contributed by atoms with Crippen LogP contribution in [0.15, 0.2) is 188 Å². The number of hydrogen-bond acceptors (Lipinski definition) is 3. The molecule has 0 atom stereocenters. The summed E-state index contributed by atoms with van der Waals surface area (Å²) in [7, 11) is 0. The maximum absolute atomic E-state index is 2.40. The molecular weight excluding hydrogens is 679 g/mol. The highest BCUT2D eigenvalue weighted by atomic mass is 32.1. The molecule has 0 radical (unpaired) electrons. The molecule has 1 nitrogen and oxygen atoms in total. The minimum Gasteiger partial charge on any atom is -0.310 e. The van der Waals surface area contributed by atoms with Gasteiger partial charge >= 0.3 is 0 Å². The highest BCUT2D eigenvalue weighted by Gasteiger charge is 2.18. The fraction of sp³-hybridized carbons (Fsp3) is 0. The Labute approximate surface area is 315 Å². The van der Waals surface area contributed by atoms with Crippen LogP contribution in [0, 0.1) is 0 Å². The summed E-state index contributed by atoms with van der Waals surface area (Å²) in [4.78, 5) is 2.40. The quantitative estimate of drug-likeness (QED) is 0.172. The molecule has 2 aromatic heterocycles. The van der Waals surface area contributed by atoms with Crippen LogP contribution in [0.5, 0.6) is 0 Å². The van der Waals surface area contributed by atoms with Crippen molar-refractivity contribution in [1.82, 2.24) is 0 Å². The normalized spacial score (nSPS) is 11.8. The van der Waals surface area contributed by atoms with Crippen molar-refractivity contribution in [3.05, 3.63) is 188 Å². The Bertz CT molecular complexity index is 3160. The smallest absolute Gasteiger partial charge is 0.0476 e. The van der Waals surface area contributed by atoms with E-state index >= 15 is 0 Å². The van der Waals surface area contributed by atoms with Gasteiger partial charge in [0, 0.05) is 63.0 Å². The summed E-state index contributed by atoms with van der Waals surface area (Å²) in [5.74, 6) is 0. The summed E-state index contributed by atoms with van der Waals surface area (Å²) in [6.45, 7) is 0. The van der Waals surface area contributed by atoms with E-state index in [1.807, 2.05) is 22.7 Å². The van der Waals surface area contributed by atoms with Crippen LogP contribution in [-0.4, -0.2) is 0 Å². The zero-order valence-electron chi connectivity index (χ0n) is 28.7. The van der Waals surface area contributed by atoms with Crippen molar-refractivity contribution in [1.29, 1.82) is 0 Å². The molecule has 9 aromatic carbocycles. The molecule has 0 N–H and O–H groups in total. The van der Waals surface area contributed by atoms with Crippen LogP contribution in [0.4, 0.5) is 17.1 Å². The van der Waals surface area contributed by atoms with Gasteiger partial charge in [0.25, 0.3) is 0 Å². The third-order valence-electron chi connectivity index (χ3n) is 10.7. The van der Waals surface area contributed by atoms with Gasteiger partial charge in [-0.3, -0.25) is 0 Å². The summed E-state index contributed by atoms with van der Waals surface area (Å²) in [5.41, 5.74) is 8.36. The van der Waals surface area contributed by atoms with E-state index in [1.165, 1.54) is 84.1 Å². The van der Waals surface area contributed by atoms with Crippen molar-refractivity contribution < 1.29 is 0 Å². The first kappa shape index (κ1) is 30.4. The summed E-state index contributed by atoms with van der Waals surface area (Å²) in [5, 5.41) is 10.4. The Morgan fingerprint density at radius 2 is 0.868 bits per heavy atom. The van der Waals surface area contributed by atoms with E-state index in [9.17, 15) is 0 Å². The fourth-order valence-electron chi connectivity index (χ4n) is 8.15. The minimum atomic E-state index is 1.12. The predicted molar refractivity (Wildman–Crippen MR) is 233 cm³/mol. The van der Waals surface area contributed by atoms with Gasteiger partial charge in [-0.25, -0.2) is 0 Å². The average molecular weight is 710 g/mol. The molecule has 2 heterocycles. The van der Waals surface area contributed by atoms with Crippen molar-refractivity contribution in [2.24, 2.45) is 0 Å². The number of thiophene rings is 2. The molecule has 0 aliphatic rings. The van der Waals surface area contributed by atoms with E-state index in [1.54, 1.807) is 0 Å². The molecule has 0 fully saturated rings. The topological polar surface area (TPSA) is 3.24 Å². The predicted octanol–water partition coefficient (Wildman–Crippen LogP) is 15.5. The number of anilines is 3. The summed E-state index contributed by atoms with van der Waals surface area (Å²) < 4.78 is 5.28. The van der Waals surface area contributed by atoms with E-state index in [0.717, 1.165) is 17.1 Å². The third-order valence-corrected chi connectivity index (χ3v) is 13.0. The molecule has 3 heteroatoms. The third kappa shape index (κ3) is 4.97. The number of rotatable bonds is 5. The molecule has 53 heavy (non-hydrogen) atoms. The van der Waals surface area contributed by atoms with Crippen LogP contribution in [0.25, 0.3) is 84.1 Å². The van der Waals surface area contributed by atoms with Gasteiger partial charge in [0.15, 0.2) is 0 Å². The lowest BCUT2D eigenvalue weighted by Gasteiger charge is -2.26. The van der Waals surface area contributed by atoms with E-state index < -0.39 is 0 Å². The first-order valence-electron chi connectivity index (χ1n) is 18.0. The molecule has 0 unspecified atom stereocenters. The minimum absolute atomic E-state index is 1.12. The number of hydrogen-bond donors (Lipinski definition) is 0. The summed E-state index contributed by atoms with van der Waals surface area (Å²) in [6, 6.07) is 69.1. The van der Waals surface area contributed by atoms with Gasteiger partial charge in [0.2, 0.25) is 0 Å². The van der Waals surface area contributed by atoms with Crippen LogP contribution in [0.2, 0.25) is 0 Å². The maximum Gasteiger partial charge on any atom is 0.0476 e. The first-order valence-corrected chi connectivity index (χ1v) is 19.6. The second-order valence-corrected chi connectivity index (χ2v) is 15.8. The Hall–Kier alpha value is -6.26. The largest absolute Gasteiger partial charge is 0.310 e. The van der Waals surface area contributed by atoms with Gasteiger partial charge in [-0.15, -0.1) is 22.7 Å². The number of fused-ring (bicyclic) bond motifs is 9. The second-order valence-electron chi connectivity index (χ2n) is 13.7. The molecule has 0 saturated carbocycles. The molecule has 0 aliphatic heterocycles. The Morgan fingerprint density at radius 1 is 0.321 bits per heavy atom. The van der Waals surface area contributed by atoms with Crippen molar-refractivity contribution in [3.63, 3.8) is 0 Å². The molecule has 0 aliphatic carbocycles. The van der Waals surface area contributed by atoms with Crippen molar-refractivity contribution >= 4 is 102 Å². The summed E-state index contributed by atoms with van der Waals surface area (Å²) in [6.07, 6.45) is 0. The Morgan fingerprint density at radius 3 is 1.62 bits per heavy atom. The van der Waals surface area contributed by atoms with Gasteiger partial charge in [-0.05, 0) is 92.8 Å². The van der Waals surface area contributed by atoms with Crippen LogP contribution in [-0.2, 0) is 0 Å². The van der Waals surface area contributed by atoms with Crippen LogP contribution >= 0.6 is 22.7 Å². The van der Waals surface area contributed by atoms with Crippen LogP contribution in [0.3, 0.4) is 0 Å². The second kappa shape index (κ2) is 12.2. The molecule has 248 valence electrons. The molecule has 0 saturated heterocycles. The lowest BCUT2D eigenvalue weighted by Crippen LogP contribution is -2.09. The van der Waals surface area contributed by atoms with Gasteiger partial charge < -0.3 is 4.90 Å². The van der Waals surface area contributed by atoms with E-state index in [4.69, 9.17) is 0 Å². The highest BCUT2D eigenvalue weighted by Crippen LogP contribution is 2.46. The fourth-order valence-corrected chi connectivity index (χ4v) is 10.5. The molecule has 0 spiro atoms. The number of benzene rings is 9. The SMILES string of the molecule is c1ccc2c(-c3ccc(N(c4ccc(-c5cc6ccccc6c6c5sc5ccccc56)cc4)c4ccc5c(c4)sc4ccccc45)cc3)cccc2c1. The van der Waals surface area contributed by atoms with E-state index in [2.05, 4.69) is 193 Å². The first-order chi connectivity index (χ1) is 26.3. The van der Waals surface area contributed by atoms with Crippen molar-refractivity contribution in [3.8, 4) is 22.3 Å². The molecule has 11 rings (SSSR count). The standard InChI is InChI=1S/C50H31NS2/c1-3-13-39-32(10-1)12-9-17-40(39)33-20-24-36(25-21-33)51(38-28-29-43-42-15-5-7-18-46(42)52-48(43)31-38)37-26-22-34(23-27-37)45-30-35-11-2-4-14-41(35)49-44-16-6-8-19-47(44)53-50(45)49/h1-31H. The van der Waals surface area contributed by atoms with E-state index in [-0.39, 0.29) is 0 Å². The van der Waals surface area contributed by atoms with Gasteiger partial charge in [0.05, 0.1) is 0 Å². The Kier molecular flexibility index (Phi) is 6.97. The van der Waals surface area contributed by atoms with Crippen molar-refractivity contribution in [2.75, 3.05) is 4.90 Å². The lowest BCUT2D eigenvalue weighted by atomic mass is 9.96. The monoisotopic (exact) mass is 709 g/mol. The lowest BCUT2D eigenvalue weighted by molar-refractivity contribution is 1.29. The zero-order valence-corrected chi connectivity index (χ0v) is 30.3. The van der Waals surface area contributed by atoms with Crippen LogP contribution < -0.4 is 4.90 Å². The average Bonchev–Trinajstić information content (AvgIpc) is 3.80. The molecule has 0 amide bonds. The van der Waals surface area contributed by atoms with Gasteiger partial charge in [-0.1, -0.05) is 133 Å². The molecule has 11 aromatic rings. The Balaban J connectivity index is 1.06. The molecular formula is C50H31NS2. The maximum atomic E-state index is 2.40. The summed E-state index contributed by atoms with van der Waals surface area (Å²) >= 11 is 3.76. The van der Waals surface area contributed by atoms with E-state index in [0.29, 0.717) is 0 Å². The zero-order chi connectivity index (χ0) is 34.9. The van der Waals surface area contributed by atoms with Crippen molar-refractivity contribution in [2.45, 2.75) is 0 Å². The van der Waals surface area contributed by atoms with Gasteiger partial charge in [0.1, 0.15) is 0 Å². The number of nitrogens with zero attached hydrogens (tertiary/aromatic N) is 1. The van der Waals surface area contributed by atoms with Crippen LogP contribution in [0.1, 0.15) is 0 Å².